The Bertz CT molecular complexity index is 691. The highest BCUT2D eigenvalue weighted by Crippen LogP contribution is 2.23. The van der Waals surface area contributed by atoms with E-state index in [9.17, 15) is 9.59 Å². The van der Waals surface area contributed by atoms with Gasteiger partial charge in [0.05, 0.1) is 10.6 Å². The highest BCUT2D eigenvalue weighted by atomic mass is 35.5. The van der Waals surface area contributed by atoms with Crippen LogP contribution in [-0.4, -0.2) is 24.7 Å². The summed E-state index contributed by atoms with van der Waals surface area (Å²) in [5.74, 6) is -0.972. The van der Waals surface area contributed by atoms with Crippen LogP contribution in [0.15, 0.2) is 53.4 Å². The number of rotatable bonds is 6. The Morgan fingerprint density at radius 1 is 1.17 bits per heavy atom. The zero-order valence-corrected chi connectivity index (χ0v) is 14.1. The molecule has 4 nitrogen and oxygen atoms in total. The van der Waals surface area contributed by atoms with Crippen LogP contribution in [0.5, 0.6) is 0 Å². The molecule has 0 aromatic heterocycles. The van der Waals surface area contributed by atoms with Gasteiger partial charge < -0.3 is 10.1 Å². The molecule has 0 radical (unpaired) electrons. The Kier molecular flexibility index (Phi) is 6.50. The average Bonchev–Trinajstić information content (AvgIpc) is 2.59. The third-order valence-corrected chi connectivity index (χ3v) is 4.12. The molecule has 0 saturated carbocycles. The van der Waals surface area contributed by atoms with E-state index in [2.05, 4.69) is 5.32 Å². The lowest BCUT2D eigenvalue weighted by molar-refractivity contribution is -0.124. The van der Waals surface area contributed by atoms with Crippen molar-refractivity contribution in [2.24, 2.45) is 0 Å². The van der Waals surface area contributed by atoms with Crippen molar-refractivity contribution in [1.29, 1.82) is 0 Å². The lowest BCUT2D eigenvalue weighted by atomic mass is 10.2. The summed E-state index contributed by atoms with van der Waals surface area (Å²) in [6.07, 6.45) is 1.90. The molecular weight excluding hydrogens is 334 g/mol. The number of amides is 1. The van der Waals surface area contributed by atoms with Crippen molar-refractivity contribution >= 4 is 35.2 Å². The van der Waals surface area contributed by atoms with E-state index in [4.69, 9.17) is 16.3 Å². The minimum atomic E-state index is -0.610. The van der Waals surface area contributed by atoms with E-state index in [0.717, 1.165) is 10.5 Å². The minimum Gasteiger partial charge on any atom is -0.452 e. The van der Waals surface area contributed by atoms with Crippen molar-refractivity contribution < 1.29 is 14.3 Å². The molecule has 0 aliphatic carbocycles. The van der Waals surface area contributed by atoms with Crippen LogP contribution in [0.4, 0.5) is 0 Å². The van der Waals surface area contributed by atoms with Crippen molar-refractivity contribution in [2.75, 3.05) is 12.9 Å². The Labute approximate surface area is 144 Å². The van der Waals surface area contributed by atoms with Crippen molar-refractivity contribution in [3.63, 3.8) is 0 Å². The van der Waals surface area contributed by atoms with Gasteiger partial charge >= 0.3 is 5.97 Å². The van der Waals surface area contributed by atoms with E-state index in [1.54, 1.807) is 12.1 Å². The molecule has 0 fully saturated rings. The summed E-state index contributed by atoms with van der Waals surface area (Å²) in [4.78, 5) is 24.6. The van der Waals surface area contributed by atoms with Crippen molar-refractivity contribution in [1.82, 2.24) is 5.32 Å². The van der Waals surface area contributed by atoms with Gasteiger partial charge in [0.1, 0.15) is 0 Å². The molecule has 0 atom stereocenters. The fourth-order valence-corrected chi connectivity index (χ4v) is 2.48. The predicted molar refractivity (Wildman–Crippen MR) is 91.8 cm³/mol. The van der Waals surface area contributed by atoms with Crippen molar-refractivity contribution in [3.05, 3.63) is 64.7 Å². The van der Waals surface area contributed by atoms with Crippen LogP contribution in [0.25, 0.3) is 0 Å². The monoisotopic (exact) mass is 349 g/mol. The molecule has 0 bridgehead atoms. The second-order valence-corrected chi connectivity index (χ2v) is 5.97. The van der Waals surface area contributed by atoms with Gasteiger partial charge in [-0.3, -0.25) is 4.79 Å². The Hall–Kier alpha value is -1.98. The molecule has 0 saturated heterocycles. The summed E-state index contributed by atoms with van der Waals surface area (Å²) >= 11 is 7.49. The third kappa shape index (κ3) is 5.30. The van der Waals surface area contributed by atoms with Crippen LogP contribution in [-0.2, 0) is 16.1 Å². The topological polar surface area (TPSA) is 55.4 Å². The second kappa shape index (κ2) is 8.60. The Morgan fingerprint density at radius 3 is 2.61 bits per heavy atom. The van der Waals surface area contributed by atoms with Crippen molar-refractivity contribution in [2.45, 2.75) is 11.4 Å². The average molecular weight is 350 g/mol. The molecule has 1 N–H and O–H groups in total. The number of hydrogen-bond donors (Lipinski definition) is 1. The largest absolute Gasteiger partial charge is 0.452 e. The van der Waals surface area contributed by atoms with Gasteiger partial charge in [-0.2, -0.15) is 0 Å². The summed E-state index contributed by atoms with van der Waals surface area (Å²) in [7, 11) is 0. The Morgan fingerprint density at radius 2 is 1.91 bits per heavy atom. The van der Waals surface area contributed by atoms with Crippen LogP contribution in [0, 0.1) is 0 Å². The first-order chi connectivity index (χ1) is 11.1. The zero-order valence-electron chi connectivity index (χ0n) is 12.5. The van der Waals surface area contributed by atoms with Gasteiger partial charge in [-0.15, -0.1) is 11.8 Å². The first kappa shape index (κ1) is 17.4. The predicted octanol–water partition coefficient (Wildman–Crippen LogP) is 3.54. The first-order valence-electron chi connectivity index (χ1n) is 6.91. The van der Waals surface area contributed by atoms with E-state index in [0.29, 0.717) is 11.6 Å². The number of hydrogen-bond acceptors (Lipinski definition) is 4. The highest BCUT2D eigenvalue weighted by molar-refractivity contribution is 7.98. The van der Waals surface area contributed by atoms with Crippen LogP contribution >= 0.6 is 23.4 Å². The van der Waals surface area contributed by atoms with E-state index in [-0.39, 0.29) is 18.1 Å². The number of ether oxygens (including phenoxy) is 1. The quantitative estimate of drug-likeness (QED) is 0.640. The number of carbonyl (C=O) groups excluding carboxylic acids is 2. The molecule has 120 valence electrons. The van der Waals surface area contributed by atoms with Crippen molar-refractivity contribution in [3.8, 4) is 0 Å². The van der Waals surface area contributed by atoms with Crippen LogP contribution < -0.4 is 5.32 Å². The SMILES string of the molecule is CSc1ccc(Cl)c(C(=O)OCC(=O)NCc2ccccc2)c1. The summed E-state index contributed by atoms with van der Waals surface area (Å²) in [5, 5.41) is 2.99. The molecular formula is C17H16ClNO3S. The fraction of sp³-hybridized carbons (Fsp3) is 0.176. The van der Waals surface area contributed by atoms with E-state index < -0.39 is 5.97 Å². The van der Waals surface area contributed by atoms with E-state index >= 15 is 0 Å². The maximum absolute atomic E-state index is 12.0. The smallest absolute Gasteiger partial charge is 0.340 e. The number of thioether (sulfide) groups is 1. The molecule has 2 aromatic rings. The number of halogens is 1. The molecule has 0 spiro atoms. The van der Waals surface area contributed by atoms with Gasteiger partial charge in [-0.05, 0) is 30.0 Å². The summed E-state index contributed by atoms with van der Waals surface area (Å²) in [5.41, 5.74) is 1.23. The molecule has 6 heteroatoms. The number of benzene rings is 2. The highest BCUT2D eigenvalue weighted by Gasteiger charge is 2.14. The summed E-state index contributed by atoms with van der Waals surface area (Å²) in [6.45, 7) is 0.0471. The zero-order chi connectivity index (χ0) is 16.7. The number of nitrogens with one attached hydrogen (secondary N) is 1. The maximum Gasteiger partial charge on any atom is 0.340 e. The van der Waals surface area contributed by atoms with Gasteiger partial charge in [0.15, 0.2) is 6.61 Å². The third-order valence-electron chi connectivity index (χ3n) is 3.06. The molecule has 0 aliphatic rings. The summed E-state index contributed by atoms with van der Waals surface area (Å²) in [6, 6.07) is 14.6. The lowest BCUT2D eigenvalue weighted by Gasteiger charge is -2.08. The standard InChI is InChI=1S/C17H16ClNO3S/c1-23-13-7-8-15(18)14(9-13)17(21)22-11-16(20)19-10-12-5-3-2-4-6-12/h2-9H,10-11H2,1H3,(H,19,20). The number of esters is 1. The van der Waals surface area contributed by atoms with Gasteiger partial charge in [0.25, 0.3) is 5.91 Å². The molecule has 2 rings (SSSR count). The van der Waals surface area contributed by atoms with Crippen LogP contribution in [0.2, 0.25) is 5.02 Å². The van der Waals surface area contributed by atoms with E-state index in [1.165, 1.54) is 11.8 Å². The molecule has 0 heterocycles. The second-order valence-electron chi connectivity index (χ2n) is 4.68. The fourth-order valence-electron chi connectivity index (χ4n) is 1.84. The molecule has 0 unspecified atom stereocenters. The van der Waals surface area contributed by atoms with Gasteiger partial charge in [-0.1, -0.05) is 41.9 Å². The minimum absolute atomic E-state index is 0.259. The molecule has 23 heavy (non-hydrogen) atoms. The van der Waals surface area contributed by atoms with Gasteiger partial charge in [-0.25, -0.2) is 4.79 Å². The molecule has 1 amide bonds. The Balaban J connectivity index is 1.85. The van der Waals surface area contributed by atoms with E-state index in [1.807, 2.05) is 42.7 Å². The van der Waals surface area contributed by atoms with Crippen LogP contribution in [0.1, 0.15) is 15.9 Å². The number of carbonyl (C=O) groups is 2. The first-order valence-corrected chi connectivity index (χ1v) is 8.51. The summed E-state index contributed by atoms with van der Waals surface area (Å²) < 4.78 is 5.01. The maximum atomic E-state index is 12.0. The van der Waals surface area contributed by atoms with Crippen LogP contribution in [0.3, 0.4) is 0 Å². The molecule has 2 aromatic carbocycles. The molecule has 0 aliphatic heterocycles. The normalized spacial score (nSPS) is 10.2. The van der Waals surface area contributed by atoms with Gasteiger partial charge in [0.2, 0.25) is 0 Å². The van der Waals surface area contributed by atoms with Gasteiger partial charge in [0, 0.05) is 11.4 Å². The lowest BCUT2D eigenvalue weighted by Crippen LogP contribution is -2.28.